The number of phenols is 2. The maximum absolute atomic E-state index is 10.8. The minimum absolute atomic E-state index is 0.171. The van der Waals surface area contributed by atoms with E-state index in [4.69, 9.17) is 18.9 Å². The highest BCUT2D eigenvalue weighted by Gasteiger charge is 2.24. The van der Waals surface area contributed by atoms with E-state index < -0.39 is 0 Å². The molecular weight excluding hydrogens is 444 g/mol. The lowest BCUT2D eigenvalue weighted by molar-refractivity contribution is 0.174. The molecular formula is C29H34O6. The zero-order valence-electron chi connectivity index (χ0n) is 21.1. The summed E-state index contributed by atoms with van der Waals surface area (Å²) < 4.78 is 21.5. The summed E-state index contributed by atoms with van der Waals surface area (Å²) >= 11 is 0. The Bertz CT molecular complexity index is 1050. The molecule has 0 bridgehead atoms. The van der Waals surface area contributed by atoms with Gasteiger partial charge in [-0.25, -0.2) is 0 Å². The summed E-state index contributed by atoms with van der Waals surface area (Å²) in [5.41, 5.74) is 9.94. The van der Waals surface area contributed by atoms with E-state index in [9.17, 15) is 10.2 Å². The van der Waals surface area contributed by atoms with E-state index >= 15 is 0 Å². The average Bonchev–Trinajstić information content (AvgIpc) is 3.05. The van der Waals surface area contributed by atoms with E-state index in [0.29, 0.717) is 22.3 Å². The number of hydrogen-bond acceptors (Lipinski definition) is 6. The molecule has 1 aliphatic carbocycles. The van der Waals surface area contributed by atoms with Crippen LogP contribution in [-0.4, -0.2) is 38.7 Å². The summed E-state index contributed by atoms with van der Waals surface area (Å²) in [6.45, 7) is 3.05. The van der Waals surface area contributed by atoms with Gasteiger partial charge in [-0.15, -0.1) is 5.73 Å². The van der Waals surface area contributed by atoms with Crippen molar-refractivity contribution in [1.29, 1.82) is 0 Å². The van der Waals surface area contributed by atoms with Gasteiger partial charge in [-0.05, 0) is 59.5 Å². The van der Waals surface area contributed by atoms with Crippen LogP contribution < -0.4 is 0 Å². The molecule has 186 valence electrons. The van der Waals surface area contributed by atoms with Crippen molar-refractivity contribution in [1.82, 2.24) is 0 Å². The molecule has 6 heteroatoms. The highest BCUT2D eigenvalue weighted by Crippen LogP contribution is 2.40. The second-order valence-electron chi connectivity index (χ2n) is 8.53. The zero-order chi connectivity index (χ0) is 25.4. The fraction of sp³-hybridized carbons (Fsp3) is 0.345. The van der Waals surface area contributed by atoms with Crippen LogP contribution in [0.15, 0.2) is 65.4 Å². The fourth-order valence-corrected chi connectivity index (χ4v) is 4.33. The molecule has 1 aliphatic rings. The lowest BCUT2D eigenvalue weighted by atomic mass is 9.81. The molecule has 0 fully saturated rings. The van der Waals surface area contributed by atoms with Crippen molar-refractivity contribution >= 4 is 0 Å². The molecule has 0 atom stereocenters. The summed E-state index contributed by atoms with van der Waals surface area (Å²) in [5, 5.41) is 21.6. The first-order chi connectivity index (χ1) is 16.9. The first-order valence-corrected chi connectivity index (χ1v) is 11.4. The molecule has 0 aliphatic heterocycles. The van der Waals surface area contributed by atoms with E-state index in [1.807, 2.05) is 49.4 Å². The van der Waals surface area contributed by atoms with Crippen LogP contribution in [-0.2, 0) is 45.4 Å². The number of benzene rings is 2. The number of allylic oxidation sites excluding steroid dienone is 5. The van der Waals surface area contributed by atoms with Crippen LogP contribution in [0.2, 0.25) is 0 Å². The number of hydrogen-bond donors (Lipinski definition) is 2. The van der Waals surface area contributed by atoms with Gasteiger partial charge in [0.25, 0.3) is 0 Å². The number of methoxy groups -OCH3 is 4. The molecule has 6 nitrogen and oxygen atoms in total. The molecule has 0 radical (unpaired) electrons. The molecule has 0 spiro atoms. The maximum atomic E-state index is 10.8. The minimum Gasteiger partial charge on any atom is -0.507 e. The van der Waals surface area contributed by atoms with Gasteiger partial charge in [0.05, 0.1) is 26.4 Å². The number of ether oxygens (including phenoxy) is 4. The third-order valence-corrected chi connectivity index (χ3v) is 5.89. The normalized spacial score (nSPS) is 13.2. The van der Waals surface area contributed by atoms with Crippen molar-refractivity contribution in [3.05, 3.63) is 98.8 Å². The van der Waals surface area contributed by atoms with Gasteiger partial charge >= 0.3 is 0 Å². The predicted octanol–water partition coefficient (Wildman–Crippen LogP) is 5.41. The van der Waals surface area contributed by atoms with Crippen molar-refractivity contribution in [2.24, 2.45) is 0 Å². The second-order valence-corrected chi connectivity index (χ2v) is 8.53. The van der Waals surface area contributed by atoms with E-state index in [0.717, 1.165) is 22.3 Å². The third kappa shape index (κ3) is 6.31. The average molecular weight is 479 g/mol. The summed E-state index contributed by atoms with van der Waals surface area (Å²) in [6.07, 6.45) is 8.06. The van der Waals surface area contributed by atoms with E-state index in [2.05, 4.69) is 11.8 Å². The molecule has 0 unspecified atom stereocenters. The number of phenolic OH excluding ortho intramolecular Hbond substituents is 2. The van der Waals surface area contributed by atoms with Crippen LogP contribution in [0.25, 0.3) is 0 Å². The van der Waals surface area contributed by atoms with Crippen LogP contribution in [0.3, 0.4) is 0 Å². The Morgan fingerprint density at radius 1 is 0.686 bits per heavy atom. The molecule has 0 saturated carbocycles. The smallest absolute Gasteiger partial charge is 0.126 e. The van der Waals surface area contributed by atoms with Gasteiger partial charge in [0.15, 0.2) is 0 Å². The maximum Gasteiger partial charge on any atom is 0.126 e. The molecule has 2 N–H and O–H groups in total. The summed E-state index contributed by atoms with van der Waals surface area (Å²) in [7, 11) is 6.40. The number of aromatic hydroxyl groups is 2. The molecule has 2 aromatic rings. The Hall–Kier alpha value is -3.12. The molecule has 0 saturated heterocycles. The van der Waals surface area contributed by atoms with Crippen LogP contribution in [0.5, 0.6) is 11.5 Å². The van der Waals surface area contributed by atoms with Crippen LogP contribution in [0, 0.1) is 0 Å². The minimum atomic E-state index is -0.214. The number of rotatable bonds is 11. The first-order valence-electron chi connectivity index (χ1n) is 11.4. The van der Waals surface area contributed by atoms with Gasteiger partial charge in [0.1, 0.15) is 11.5 Å². The molecule has 0 amide bonds. The topological polar surface area (TPSA) is 77.4 Å². The standard InChI is InChI=1S/C29H34O6/c1-19-7-6-8-20(10-9-19)27(21-11-23(15-32-2)28(30)24(12-21)16-33-3)22-13-25(17-34-4)29(31)26(14-22)18-35-5/h6,8-14,27,30-31H,15-18H2,1-5H3. The molecule has 0 aromatic heterocycles. The quantitative estimate of drug-likeness (QED) is 0.421. The fourth-order valence-electron chi connectivity index (χ4n) is 4.33. The SMILES string of the molecule is COCc1cc(C(C2=CC=C=C(C)C=C2)c2cc(COC)c(O)c(COC)c2)cc(COC)c1O. The zero-order valence-corrected chi connectivity index (χ0v) is 21.1. The summed E-state index contributed by atoms with van der Waals surface area (Å²) in [6, 6.07) is 7.85. The van der Waals surface area contributed by atoms with Crippen molar-refractivity contribution in [2.45, 2.75) is 39.3 Å². The van der Waals surface area contributed by atoms with Gasteiger partial charge in [-0.2, -0.15) is 0 Å². The van der Waals surface area contributed by atoms with Crippen molar-refractivity contribution in [2.75, 3.05) is 28.4 Å². The summed E-state index contributed by atoms with van der Waals surface area (Å²) in [4.78, 5) is 0. The van der Waals surface area contributed by atoms with Gasteiger partial charge in [0.2, 0.25) is 0 Å². The Balaban J connectivity index is 2.29. The van der Waals surface area contributed by atoms with Gasteiger partial charge < -0.3 is 29.2 Å². The Kier molecular flexibility index (Phi) is 9.49. The van der Waals surface area contributed by atoms with E-state index in [-0.39, 0.29) is 43.8 Å². The highest BCUT2D eigenvalue weighted by atomic mass is 16.5. The van der Waals surface area contributed by atoms with Crippen molar-refractivity contribution in [3.63, 3.8) is 0 Å². The molecule has 2 aromatic carbocycles. The lowest BCUT2D eigenvalue weighted by Gasteiger charge is -2.24. The van der Waals surface area contributed by atoms with Gasteiger partial charge in [-0.1, -0.05) is 18.2 Å². The van der Waals surface area contributed by atoms with Crippen LogP contribution in [0.1, 0.15) is 46.2 Å². The largest absolute Gasteiger partial charge is 0.507 e. The Morgan fingerprint density at radius 3 is 1.46 bits per heavy atom. The molecule has 3 rings (SSSR count). The first kappa shape index (κ1) is 26.5. The van der Waals surface area contributed by atoms with Gasteiger partial charge in [0, 0.05) is 56.6 Å². The van der Waals surface area contributed by atoms with Gasteiger partial charge in [-0.3, -0.25) is 0 Å². The lowest BCUT2D eigenvalue weighted by Crippen LogP contribution is -2.09. The third-order valence-electron chi connectivity index (χ3n) is 5.89. The Morgan fingerprint density at radius 2 is 1.09 bits per heavy atom. The molecule has 0 heterocycles. The van der Waals surface area contributed by atoms with Crippen LogP contribution in [0.4, 0.5) is 0 Å². The van der Waals surface area contributed by atoms with E-state index in [1.165, 1.54) is 0 Å². The Labute approximate surface area is 207 Å². The highest BCUT2D eigenvalue weighted by molar-refractivity contribution is 5.55. The predicted molar refractivity (Wildman–Crippen MR) is 135 cm³/mol. The van der Waals surface area contributed by atoms with Crippen molar-refractivity contribution < 1.29 is 29.2 Å². The van der Waals surface area contributed by atoms with Crippen molar-refractivity contribution in [3.8, 4) is 11.5 Å². The second kappa shape index (κ2) is 12.5. The van der Waals surface area contributed by atoms with E-state index in [1.54, 1.807) is 28.4 Å². The summed E-state index contributed by atoms with van der Waals surface area (Å²) in [5.74, 6) is 0.128. The van der Waals surface area contributed by atoms with Crippen LogP contribution >= 0.6 is 0 Å². The monoisotopic (exact) mass is 478 g/mol. The molecule has 35 heavy (non-hydrogen) atoms.